The van der Waals surface area contributed by atoms with E-state index in [0.717, 1.165) is 5.56 Å². The van der Waals surface area contributed by atoms with Gasteiger partial charge in [-0.05, 0) is 42.8 Å². The highest BCUT2D eigenvalue weighted by Gasteiger charge is 2.23. The van der Waals surface area contributed by atoms with Crippen LogP contribution in [0.3, 0.4) is 0 Å². The molecule has 0 spiro atoms. The second-order valence-electron chi connectivity index (χ2n) is 4.66. The number of aryl methyl sites for hydroxylation is 1. The molecule has 96 valence electrons. The van der Waals surface area contributed by atoms with Gasteiger partial charge in [-0.1, -0.05) is 11.6 Å². The van der Waals surface area contributed by atoms with Crippen LogP contribution in [0.2, 0.25) is 5.02 Å². The quantitative estimate of drug-likeness (QED) is 0.846. The van der Waals surface area contributed by atoms with Crippen LogP contribution in [0.5, 0.6) is 5.88 Å². The topological polar surface area (TPSA) is 65.7 Å². The van der Waals surface area contributed by atoms with Gasteiger partial charge in [-0.15, -0.1) is 5.10 Å². The number of ether oxygens (including phenoxy) is 1. The lowest BCUT2D eigenvalue weighted by atomic mass is 10.1. The van der Waals surface area contributed by atoms with Crippen molar-refractivity contribution in [2.75, 3.05) is 6.61 Å². The first-order valence-corrected chi connectivity index (χ1v) is 5.85. The minimum absolute atomic E-state index is 0.369. The maximum atomic E-state index is 6.05. The predicted octanol–water partition coefficient (Wildman–Crippen LogP) is 1.84. The Kier molecular flexibility index (Phi) is 3.47. The molecule has 0 atom stereocenters. The lowest BCUT2D eigenvalue weighted by molar-refractivity contribution is 0.163. The first-order chi connectivity index (χ1) is 8.49. The number of halogens is 1. The molecule has 0 radical (unpaired) electrons. The normalized spacial score (nSPS) is 11.6. The van der Waals surface area contributed by atoms with E-state index in [-0.39, 0.29) is 5.54 Å². The van der Waals surface area contributed by atoms with Crippen LogP contribution in [-0.2, 0) is 5.54 Å². The largest absolute Gasteiger partial charge is 0.474 e. The van der Waals surface area contributed by atoms with Crippen LogP contribution in [-0.4, -0.2) is 31.8 Å². The summed E-state index contributed by atoms with van der Waals surface area (Å²) in [5.74, 6) is 0.420. The van der Waals surface area contributed by atoms with Gasteiger partial charge in [0.1, 0.15) is 18.0 Å². The third-order valence-electron chi connectivity index (χ3n) is 2.48. The molecule has 7 heteroatoms. The Bertz CT molecular complexity index is 526. The standard InChI is InChI=1S/C11H14ClN5O/c1-8-4-9(12)10(13-5-8)18-6-11(2,3)17-7-14-15-16-17/h4-5,7H,6H2,1-3H3. The lowest BCUT2D eigenvalue weighted by Crippen LogP contribution is -2.34. The Balaban J connectivity index is 2.07. The summed E-state index contributed by atoms with van der Waals surface area (Å²) in [6.45, 7) is 6.22. The molecule has 0 fully saturated rings. The average molecular weight is 268 g/mol. The highest BCUT2D eigenvalue weighted by atomic mass is 35.5. The van der Waals surface area contributed by atoms with Gasteiger partial charge in [0.05, 0.1) is 5.54 Å². The Labute approximate surface area is 110 Å². The summed E-state index contributed by atoms with van der Waals surface area (Å²) < 4.78 is 7.25. The summed E-state index contributed by atoms with van der Waals surface area (Å²) in [5.41, 5.74) is 0.617. The highest BCUT2D eigenvalue weighted by molar-refractivity contribution is 6.31. The monoisotopic (exact) mass is 267 g/mol. The van der Waals surface area contributed by atoms with Crippen molar-refractivity contribution in [1.82, 2.24) is 25.2 Å². The smallest absolute Gasteiger partial charge is 0.232 e. The van der Waals surface area contributed by atoms with Crippen LogP contribution >= 0.6 is 11.6 Å². The molecule has 2 aromatic heterocycles. The minimum Gasteiger partial charge on any atom is -0.474 e. The van der Waals surface area contributed by atoms with Crippen molar-refractivity contribution in [1.29, 1.82) is 0 Å². The van der Waals surface area contributed by atoms with Crippen molar-refractivity contribution in [2.45, 2.75) is 26.3 Å². The molecule has 0 amide bonds. The van der Waals surface area contributed by atoms with E-state index in [2.05, 4.69) is 20.5 Å². The molecule has 0 saturated heterocycles. The summed E-state index contributed by atoms with van der Waals surface area (Å²) in [7, 11) is 0. The Morgan fingerprint density at radius 1 is 1.44 bits per heavy atom. The van der Waals surface area contributed by atoms with Gasteiger partial charge in [-0.2, -0.15) is 0 Å². The third-order valence-corrected chi connectivity index (χ3v) is 2.75. The van der Waals surface area contributed by atoms with E-state index in [9.17, 15) is 0 Å². The summed E-state index contributed by atoms with van der Waals surface area (Å²) in [6.07, 6.45) is 3.26. The van der Waals surface area contributed by atoms with Crippen molar-refractivity contribution in [3.63, 3.8) is 0 Å². The summed E-state index contributed by atoms with van der Waals surface area (Å²) in [4.78, 5) is 4.15. The Morgan fingerprint density at radius 3 is 2.83 bits per heavy atom. The van der Waals surface area contributed by atoms with Crippen LogP contribution in [0, 0.1) is 6.92 Å². The van der Waals surface area contributed by atoms with E-state index in [1.54, 1.807) is 17.2 Å². The van der Waals surface area contributed by atoms with Crippen molar-refractivity contribution >= 4 is 11.6 Å². The molecule has 2 aromatic rings. The molecule has 0 N–H and O–H groups in total. The molecule has 0 unspecified atom stereocenters. The number of tetrazole rings is 1. The number of pyridine rings is 1. The fourth-order valence-corrected chi connectivity index (χ4v) is 1.65. The van der Waals surface area contributed by atoms with E-state index in [4.69, 9.17) is 16.3 Å². The zero-order chi connectivity index (χ0) is 13.2. The van der Waals surface area contributed by atoms with Gasteiger partial charge < -0.3 is 4.74 Å². The average Bonchev–Trinajstić information content (AvgIpc) is 2.82. The van der Waals surface area contributed by atoms with Gasteiger partial charge in [-0.3, -0.25) is 0 Å². The molecule has 18 heavy (non-hydrogen) atoms. The van der Waals surface area contributed by atoms with E-state index in [0.29, 0.717) is 17.5 Å². The Morgan fingerprint density at radius 2 is 2.22 bits per heavy atom. The zero-order valence-electron chi connectivity index (χ0n) is 10.5. The molecule has 0 bridgehead atoms. The third kappa shape index (κ3) is 2.76. The highest BCUT2D eigenvalue weighted by Crippen LogP contribution is 2.24. The molecule has 2 rings (SSSR count). The van der Waals surface area contributed by atoms with Crippen LogP contribution in [0.4, 0.5) is 0 Å². The number of rotatable bonds is 4. The molecule has 0 aliphatic carbocycles. The molecule has 0 aliphatic rings. The first kappa shape index (κ1) is 12.8. The number of hydrogen-bond donors (Lipinski definition) is 0. The van der Waals surface area contributed by atoms with Gasteiger partial charge in [-0.25, -0.2) is 9.67 Å². The molecule has 0 aromatic carbocycles. The molecule has 6 nitrogen and oxygen atoms in total. The maximum Gasteiger partial charge on any atom is 0.232 e. The van der Waals surface area contributed by atoms with Crippen molar-refractivity contribution in [3.8, 4) is 5.88 Å². The molecular formula is C11H14ClN5O. The first-order valence-electron chi connectivity index (χ1n) is 5.47. The fourth-order valence-electron chi connectivity index (χ4n) is 1.38. The lowest BCUT2D eigenvalue weighted by Gasteiger charge is -2.23. The van der Waals surface area contributed by atoms with E-state index < -0.39 is 0 Å². The Hall–Kier alpha value is -1.69. The van der Waals surface area contributed by atoms with E-state index >= 15 is 0 Å². The van der Waals surface area contributed by atoms with Crippen molar-refractivity contribution < 1.29 is 4.74 Å². The number of aromatic nitrogens is 5. The summed E-state index contributed by atoms with van der Waals surface area (Å²) in [5, 5.41) is 11.6. The van der Waals surface area contributed by atoms with Gasteiger partial charge >= 0.3 is 0 Å². The SMILES string of the molecule is Cc1cnc(OCC(C)(C)n2cnnn2)c(Cl)c1. The van der Waals surface area contributed by atoms with Gasteiger partial charge in [0, 0.05) is 6.20 Å². The van der Waals surface area contributed by atoms with E-state index in [1.165, 1.54) is 0 Å². The van der Waals surface area contributed by atoms with Crippen LogP contribution < -0.4 is 4.74 Å². The minimum atomic E-state index is -0.376. The predicted molar refractivity (Wildman–Crippen MR) is 66.6 cm³/mol. The van der Waals surface area contributed by atoms with Gasteiger partial charge in [0.15, 0.2) is 0 Å². The number of hydrogen-bond acceptors (Lipinski definition) is 5. The second kappa shape index (κ2) is 4.89. The molecule has 2 heterocycles. The van der Waals surface area contributed by atoms with Gasteiger partial charge in [0.2, 0.25) is 5.88 Å². The second-order valence-corrected chi connectivity index (χ2v) is 5.06. The van der Waals surface area contributed by atoms with Gasteiger partial charge in [0.25, 0.3) is 0 Å². The fraction of sp³-hybridized carbons (Fsp3) is 0.455. The van der Waals surface area contributed by atoms with Crippen molar-refractivity contribution in [2.24, 2.45) is 0 Å². The molecule has 0 saturated carbocycles. The van der Waals surface area contributed by atoms with Crippen LogP contribution in [0.15, 0.2) is 18.6 Å². The van der Waals surface area contributed by atoms with Crippen molar-refractivity contribution in [3.05, 3.63) is 29.2 Å². The summed E-state index contributed by atoms with van der Waals surface area (Å²) in [6, 6.07) is 1.81. The van der Waals surface area contributed by atoms with Crippen LogP contribution in [0.25, 0.3) is 0 Å². The summed E-state index contributed by atoms with van der Waals surface area (Å²) >= 11 is 6.05. The van der Waals surface area contributed by atoms with E-state index in [1.807, 2.05) is 26.8 Å². The molecule has 0 aliphatic heterocycles. The van der Waals surface area contributed by atoms with Crippen LogP contribution in [0.1, 0.15) is 19.4 Å². The maximum absolute atomic E-state index is 6.05. The number of nitrogens with zero attached hydrogens (tertiary/aromatic N) is 5. The molecular weight excluding hydrogens is 254 g/mol. The zero-order valence-corrected chi connectivity index (χ0v) is 11.2.